The molecule has 6 heteroatoms. The van der Waals surface area contributed by atoms with Crippen LogP contribution < -0.4 is 4.72 Å². The van der Waals surface area contributed by atoms with E-state index in [4.69, 9.17) is 16.7 Å². The van der Waals surface area contributed by atoms with Crippen LogP contribution in [0.1, 0.15) is 19.4 Å². The van der Waals surface area contributed by atoms with E-state index in [1.807, 2.05) is 20.8 Å². The van der Waals surface area contributed by atoms with Gasteiger partial charge in [0, 0.05) is 6.04 Å². The molecule has 0 aliphatic heterocycles. The normalized spacial score (nSPS) is 13.9. The van der Waals surface area contributed by atoms with Crippen LogP contribution in [0.2, 0.25) is 5.02 Å². The van der Waals surface area contributed by atoms with Gasteiger partial charge in [-0.3, -0.25) is 0 Å². The molecule has 1 aromatic carbocycles. The Morgan fingerprint density at radius 1 is 1.39 bits per heavy atom. The largest absolute Gasteiger partial charge is 0.395 e. The molecule has 1 atom stereocenters. The summed E-state index contributed by atoms with van der Waals surface area (Å²) in [6, 6.07) is 4.23. The van der Waals surface area contributed by atoms with E-state index >= 15 is 0 Å². The average molecular weight is 292 g/mol. The molecule has 1 aromatic rings. The SMILES string of the molecule is Cc1ccc(S(=O)(=O)NC(CO)C(C)C)c(Cl)c1. The van der Waals surface area contributed by atoms with Crippen molar-refractivity contribution in [1.82, 2.24) is 4.72 Å². The summed E-state index contributed by atoms with van der Waals surface area (Å²) >= 11 is 5.94. The number of hydrogen-bond donors (Lipinski definition) is 2. The van der Waals surface area contributed by atoms with Crippen molar-refractivity contribution in [2.45, 2.75) is 31.7 Å². The topological polar surface area (TPSA) is 66.4 Å². The van der Waals surface area contributed by atoms with E-state index in [1.54, 1.807) is 12.1 Å². The van der Waals surface area contributed by atoms with Gasteiger partial charge in [-0.05, 0) is 30.5 Å². The van der Waals surface area contributed by atoms with Gasteiger partial charge in [-0.2, -0.15) is 0 Å². The van der Waals surface area contributed by atoms with Crippen molar-refractivity contribution >= 4 is 21.6 Å². The van der Waals surface area contributed by atoms with E-state index in [-0.39, 0.29) is 22.4 Å². The van der Waals surface area contributed by atoms with Gasteiger partial charge in [-0.1, -0.05) is 31.5 Å². The lowest BCUT2D eigenvalue weighted by atomic mass is 10.1. The van der Waals surface area contributed by atoms with Gasteiger partial charge in [0.2, 0.25) is 10.0 Å². The minimum atomic E-state index is -3.71. The van der Waals surface area contributed by atoms with Gasteiger partial charge in [0.1, 0.15) is 4.90 Å². The minimum Gasteiger partial charge on any atom is -0.395 e. The second kappa shape index (κ2) is 6.02. The fourth-order valence-electron chi connectivity index (χ4n) is 1.47. The summed E-state index contributed by atoms with van der Waals surface area (Å²) < 4.78 is 26.7. The zero-order valence-corrected chi connectivity index (χ0v) is 12.2. The third-order valence-corrected chi connectivity index (χ3v) is 4.66. The predicted octanol–water partition coefficient (Wildman–Crippen LogP) is 1.94. The molecule has 0 saturated heterocycles. The van der Waals surface area contributed by atoms with Gasteiger partial charge in [-0.15, -0.1) is 0 Å². The van der Waals surface area contributed by atoms with E-state index in [0.717, 1.165) is 5.56 Å². The van der Waals surface area contributed by atoms with Gasteiger partial charge >= 0.3 is 0 Å². The zero-order chi connectivity index (χ0) is 13.9. The highest BCUT2D eigenvalue weighted by atomic mass is 35.5. The van der Waals surface area contributed by atoms with Gasteiger partial charge in [0.05, 0.1) is 11.6 Å². The number of aryl methyl sites for hydroxylation is 1. The molecule has 102 valence electrons. The highest BCUT2D eigenvalue weighted by Gasteiger charge is 2.23. The summed E-state index contributed by atoms with van der Waals surface area (Å²) in [7, 11) is -3.71. The van der Waals surface area contributed by atoms with Crippen LogP contribution in [0.15, 0.2) is 23.1 Å². The Hall–Kier alpha value is -0.620. The third-order valence-electron chi connectivity index (χ3n) is 2.68. The summed E-state index contributed by atoms with van der Waals surface area (Å²) in [5.41, 5.74) is 0.890. The molecule has 1 rings (SSSR count). The zero-order valence-electron chi connectivity index (χ0n) is 10.6. The quantitative estimate of drug-likeness (QED) is 0.871. The molecule has 0 radical (unpaired) electrons. The van der Waals surface area contributed by atoms with Crippen LogP contribution in [-0.4, -0.2) is 26.2 Å². The van der Waals surface area contributed by atoms with Crippen LogP contribution in [0.4, 0.5) is 0 Å². The molecule has 0 aliphatic rings. The summed E-state index contributed by atoms with van der Waals surface area (Å²) in [6.07, 6.45) is 0. The molecule has 0 heterocycles. The lowest BCUT2D eigenvalue weighted by Crippen LogP contribution is -2.41. The molecular formula is C12H18ClNO3S. The fourth-order valence-corrected chi connectivity index (χ4v) is 3.45. The van der Waals surface area contributed by atoms with E-state index in [0.29, 0.717) is 0 Å². The number of sulfonamides is 1. The van der Waals surface area contributed by atoms with Crippen molar-refractivity contribution in [2.24, 2.45) is 5.92 Å². The first-order valence-corrected chi connectivity index (χ1v) is 7.53. The lowest BCUT2D eigenvalue weighted by Gasteiger charge is -2.20. The van der Waals surface area contributed by atoms with Gasteiger partial charge in [0.15, 0.2) is 0 Å². The van der Waals surface area contributed by atoms with E-state index < -0.39 is 16.1 Å². The Labute approximate surface area is 113 Å². The molecule has 0 aromatic heterocycles. The van der Waals surface area contributed by atoms with Crippen molar-refractivity contribution in [3.63, 3.8) is 0 Å². The first-order chi connectivity index (χ1) is 8.27. The van der Waals surface area contributed by atoms with E-state index in [2.05, 4.69) is 4.72 Å². The molecule has 0 bridgehead atoms. The van der Waals surface area contributed by atoms with Gasteiger partial charge in [0.25, 0.3) is 0 Å². The fraction of sp³-hybridized carbons (Fsp3) is 0.500. The molecule has 2 N–H and O–H groups in total. The number of aliphatic hydroxyl groups is 1. The number of nitrogens with one attached hydrogen (secondary N) is 1. The Balaban J connectivity index is 3.06. The maximum atomic E-state index is 12.1. The molecule has 0 saturated carbocycles. The predicted molar refractivity (Wildman–Crippen MR) is 72.2 cm³/mol. The van der Waals surface area contributed by atoms with Crippen LogP contribution in [-0.2, 0) is 10.0 Å². The van der Waals surface area contributed by atoms with Gasteiger partial charge in [-0.25, -0.2) is 13.1 Å². The average Bonchev–Trinajstić information content (AvgIpc) is 2.24. The third kappa shape index (κ3) is 3.68. The monoisotopic (exact) mass is 291 g/mol. The molecule has 0 aliphatic carbocycles. The number of halogens is 1. The highest BCUT2D eigenvalue weighted by molar-refractivity contribution is 7.89. The van der Waals surface area contributed by atoms with Crippen LogP contribution >= 0.6 is 11.6 Å². The first-order valence-electron chi connectivity index (χ1n) is 5.67. The molecule has 4 nitrogen and oxygen atoms in total. The molecular weight excluding hydrogens is 274 g/mol. The standard InChI is InChI=1S/C12H18ClNO3S/c1-8(2)11(7-15)14-18(16,17)12-5-4-9(3)6-10(12)13/h4-6,8,11,14-15H,7H2,1-3H3. The van der Waals surface area contributed by atoms with Crippen LogP contribution in [0.3, 0.4) is 0 Å². The van der Waals surface area contributed by atoms with Gasteiger partial charge < -0.3 is 5.11 Å². The second-order valence-corrected chi connectivity index (χ2v) is 6.68. The summed E-state index contributed by atoms with van der Waals surface area (Å²) in [5.74, 6) is -0.00556. The summed E-state index contributed by atoms with van der Waals surface area (Å²) in [4.78, 5) is 0.0360. The molecule has 1 unspecified atom stereocenters. The van der Waals surface area contributed by atoms with E-state index in [1.165, 1.54) is 6.07 Å². The Bertz CT molecular complexity index is 514. The molecule has 0 amide bonds. The van der Waals surface area contributed by atoms with Crippen LogP contribution in [0.5, 0.6) is 0 Å². The summed E-state index contributed by atoms with van der Waals surface area (Å²) in [5, 5.41) is 9.34. The van der Waals surface area contributed by atoms with Crippen molar-refractivity contribution in [2.75, 3.05) is 6.61 Å². The number of hydrogen-bond acceptors (Lipinski definition) is 3. The van der Waals surface area contributed by atoms with Crippen molar-refractivity contribution in [3.8, 4) is 0 Å². The molecule has 18 heavy (non-hydrogen) atoms. The number of rotatable bonds is 5. The maximum Gasteiger partial charge on any atom is 0.242 e. The lowest BCUT2D eigenvalue weighted by molar-refractivity contribution is 0.227. The Morgan fingerprint density at radius 3 is 2.44 bits per heavy atom. The van der Waals surface area contributed by atoms with Crippen LogP contribution in [0, 0.1) is 12.8 Å². The highest BCUT2D eigenvalue weighted by Crippen LogP contribution is 2.23. The number of aliphatic hydroxyl groups excluding tert-OH is 1. The first kappa shape index (κ1) is 15.4. The van der Waals surface area contributed by atoms with Crippen molar-refractivity contribution in [1.29, 1.82) is 0 Å². The number of benzene rings is 1. The van der Waals surface area contributed by atoms with Crippen LogP contribution in [0.25, 0.3) is 0 Å². The smallest absolute Gasteiger partial charge is 0.242 e. The summed E-state index contributed by atoms with van der Waals surface area (Å²) in [6.45, 7) is 5.25. The maximum absolute atomic E-state index is 12.1. The molecule has 0 spiro atoms. The Kier molecular flexibility index (Phi) is 5.16. The van der Waals surface area contributed by atoms with Crippen molar-refractivity contribution in [3.05, 3.63) is 28.8 Å². The Morgan fingerprint density at radius 2 is 2.00 bits per heavy atom. The van der Waals surface area contributed by atoms with E-state index in [9.17, 15) is 8.42 Å². The minimum absolute atomic E-state index is 0.00556. The molecule has 0 fully saturated rings. The van der Waals surface area contributed by atoms with Crippen molar-refractivity contribution < 1.29 is 13.5 Å². The second-order valence-electron chi connectivity index (χ2n) is 4.59.